The molecule has 4 nitrogen and oxygen atoms in total. The average molecular weight is 193 g/mol. The average Bonchev–Trinajstić information content (AvgIpc) is 2.58. The molecular weight excluding hydrogens is 178 g/mol. The predicted octanol–water partition coefficient (Wildman–Crippen LogP) is 1.24. The SMILES string of the molecule is N#CC1CCCN1C(=O)NC1CCC1. The Balaban J connectivity index is 1.87. The number of hydrogen-bond acceptors (Lipinski definition) is 2. The Kier molecular flexibility index (Phi) is 2.58. The Morgan fingerprint density at radius 1 is 1.36 bits per heavy atom. The van der Waals surface area contributed by atoms with E-state index in [1.165, 1.54) is 6.42 Å². The summed E-state index contributed by atoms with van der Waals surface area (Å²) in [5.41, 5.74) is 0. The van der Waals surface area contributed by atoms with Crippen molar-refractivity contribution in [2.45, 2.75) is 44.2 Å². The normalized spacial score (nSPS) is 26.8. The van der Waals surface area contributed by atoms with Gasteiger partial charge in [0.1, 0.15) is 6.04 Å². The van der Waals surface area contributed by atoms with Crippen molar-refractivity contribution in [3.05, 3.63) is 0 Å². The molecule has 14 heavy (non-hydrogen) atoms. The van der Waals surface area contributed by atoms with Gasteiger partial charge >= 0.3 is 6.03 Å². The molecule has 1 heterocycles. The van der Waals surface area contributed by atoms with Crippen LogP contribution in [-0.2, 0) is 0 Å². The van der Waals surface area contributed by atoms with E-state index >= 15 is 0 Å². The number of nitrogens with one attached hydrogen (secondary N) is 1. The van der Waals surface area contributed by atoms with Gasteiger partial charge in [0.2, 0.25) is 0 Å². The third-order valence-corrected chi connectivity index (χ3v) is 3.10. The minimum absolute atomic E-state index is 0.0428. The van der Waals surface area contributed by atoms with Gasteiger partial charge in [0.05, 0.1) is 6.07 Å². The lowest BCUT2D eigenvalue weighted by atomic mass is 9.93. The van der Waals surface area contributed by atoms with Crippen LogP contribution in [0.2, 0.25) is 0 Å². The minimum Gasteiger partial charge on any atom is -0.335 e. The van der Waals surface area contributed by atoms with Gasteiger partial charge in [-0.05, 0) is 32.1 Å². The molecule has 1 atom stereocenters. The van der Waals surface area contributed by atoms with Crippen molar-refractivity contribution in [3.63, 3.8) is 0 Å². The second-order valence-electron chi connectivity index (χ2n) is 4.06. The van der Waals surface area contributed by atoms with Crippen LogP contribution in [0.3, 0.4) is 0 Å². The summed E-state index contributed by atoms with van der Waals surface area (Å²) >= 11 is 0. The molecule has 0 radical (unpaired) electrons. The molecule has 2 amide bonds. The van der Waals surface area contributed by atoms with E-state index in [2.05, 4.69) is 11.4 Å². The maximum Gasteiger partial charge on any atom is 0.318 e. The molecule has 0 aromatic rings. The van der Waals surface area contributed by atoms with Gasteiger partial charge in [-0.15, -0.1) is 0 Å². The summed E-state index contributed by atoms with van der Waals surface area (Å²) in [7, 11) is 0. The summed E-state index contributed by atoms with van der Waals surface area (Å²) < 4.78 is 0. The van der Waals surface area contributed by atoms with Crippen molar-refractivity contribution < 1.29 is 4.79 Å². The molecule has 76 valence electrons. The molecule has 1 unspecified atom stereocenters. The molecule has 0 spiro atoms. The molecule has 0 bridgehead atoms. The molecule has 1 saturated heterocycles. The third-order valence-electron chi connectivity index (χ3n) is 3.10. The Morgan fingerprint density at radius 2 is 2.14 bits per heavy atom. The first-order valence-electron chi connectivity index (χ1n) is 5.28. The van der Waals surface area contributed by atoms with Crippen LogP contribution in [0.4, 0.5) is 4.79 Å². The van der Waals surface area contributed by atoms with Gasteiger partial charge in [-0.2, -0.15) is 5.26 Å². The van der Waals surface area contributed by atoms with Crippen LogP contribution in [0.1, 0.15) is 32.1 Å². The van der Waals surface area contributed by atoms with Crippen LogP contribution in [0.15, 0.2) is 0 Å². The van der Waals surface area contributed by atoms with Crippen molar-refractivity contribution in [3.8, 4) is 6.07 Å². The Hall–Kier alpha value is -1.24. The maximum absolute atomic E-state index is 11.7. The topological polar surface area (TPSA) is 56.1 Å². The van der Waals surface area contributed by atoms with E-state index < -0.39 is 0 Å². The molecule has 4 heteroatoms. The highest BCUT2D eigenvalue weighted by molar-refractivity contribution is 5.75. The monoisotopic (exact) mass is 193 g/mol. The minimum atomic E-state index is -0.199. The van der Waals surface area contributed by atoms with Crippen LogP contribution in [0.25, 0.3) is 0 Å². The fraction of sp³-hybridized carbons (Fsp3) is 0.800. The zero-order chi connectivity index (χ0) is 9.97. The number of amides is 2. The van der Waals surface area contributed by atoms with Gasteiger partial charge in [0.15, 0.2) is 0 Å². The Labute approximate surface area is 83.9 Å². The van der Waals surface area contributed by atoms with Crippen LogP contribution in [0, 0.1) is 11.3 Å². The molecule has 2 aliphatic rings. The van der Waals surface area contributed by atoms with Gasteiger partial charge < -0.3 is 10.2 Å². The smallest absolute Gasteiger partial charge is 0.318 e. The fourth-order valence-electron chi connectivity index (χ4n) is 1.95. The van der Waals surface area contributed by atoms with Gasteiger partial charge in [-0.1, -0.05) is 0 Å². The highest BCUT2D eigenvalue weighted by atomic mass is 16.2. The summed E-state index contributed by atoms with van der Waals surface area (Å²) in [6.45, 7) is 0.733. The summed E-state index contributed by atoms with van der Waals surface area (Å²) in [5.74, 6) is 0. The van der Waals surface area contributed by atoms with E-state index in [-0.39, 0.29) is 12.1 Å². The first-order valence-corrected chi connectivity index (χ1v) is 5.28. The van der Waals surface area contributed by atoms with Gasteiger partial charge in [-0.3, -0.25) is 0 Å². The summed E-state index contributed by atoms with van der Waals surface area (Å²) in [6.07, 6.45) is 5.19. The largest absolute Gasteiger partial charge is 0.335 e. The lowest BCUT2D eigenvalue weighted by molar-refractivity contribution is 0.189. The summed E-state index contributed by atoms with van der Waals surface area (Å²) in [4.78, 5) is 13.3. The van der Waals surface area contributed by atoms with Crippen molar-refractivity contribution in [1.82, 2.24) is 10.2 Å². The third kappa shape index (κ3) is 1.67. The molecule has 1 N–H and O–H groups in total. The summed E-state index contributed by atoms with van der Waals surface area (Å²) in [5, 5.41) is 11.8. The second-order valence-corrected chi connectivity index (χ2v) is 4.06. The zero-order valence-corrected chi connectivity index (χ0v) is 8.20. The highest BCUT2D eigenvalue weighted by Crippen LogP contribution is 2.20. The fourth-order valence-corrected chi connectivity index (χ4v) is 1.95. The quantitative estimate of drug-likeness (QED) is 0.681. The number of urea groups is 1. The summed E-state index contributed by atoms with van der Waals surface area (Å²) in [6, 6.07) is 2.29. The van der Waals surface area contributed by atoms with Gasteiger partial charge in [0.25, 0.3) is 0 Å². The maximum atomic E-state index is 11.7. The van der Waals surface area contributed by atoms with E-state index in [1.807, 2.05) is 0 Å². The van der Waals surface area contributed by atoms with Gasteiger partial charge in [0, 0.05) is 12.6 Å². The molecule has 1 aliphatic heterocycles. The molecule has 1 aliphatic carbocycles. The molecule has 0 aromatic carbocycles. The van der Waals surface area contributed by atoms with E-state index in [4.69, 9.17) is 5.26 Å². The molecule has 2 fully saturated rings. The van der Waals surface area contributed by atoms with E-state index in [0.29, 0.717) is 6.04 Å². The van der Waals surface area contributed by atoms with Crippen molar-refractivity contribution >= 4 is 6.03 Å². The van der Waals surface area contributed by atoms with Gasteiger partial charge in [-0.25, -0.2) is 4.79 Å². The molecule has 2 rings (SSSR count). The molecule has 0 aromatic heterocycles. The first-order chi connectivity index (χ1) is 6.81. The number of hydrogen-bond donors (Lipinski definition) is 1. The second kappa shape index (κ2) is 3.87. The Morgan fingerprint density at radius 3 is 2.71 bits per heavy atom. The highest BCUT2D eigenvalue weighted by Gasteiger charge is 2.30. The van der Waals surface area contributed by atoms with E-state index in [0.717, 1.165) is 32.2 Å². The Bertz CT molecular complexity index is 267. The predicted molar refractivity (Wildman–Crippen MR) is 51.5 cm³/mol. The number of carbonyl (C=O) groups excluding carboxylic acids is 1. The number of likely N-dealkylation sites (tertiary alicyclic amines) is 1. The molecule has 1 saturated carbocycles. The molecular formula is C10H15N3O. The number of nitrogens with zero attached hydrogens (tertiary/aromatic N) is 2. The van der Waals surface area contributed by atoms with Crippen molar-refractivity contribution in [2.75, 3.05) is 6.54 Å². The number of carbonyl (C=O) groups is 1. The van der Waals surface area contributed by atoms with E-state index in [9.17, 15) is 4.79 Å². The van der Waals surface area contributed by atoms with Crippen LogP contribution < -0.4 is 5.32 Å². The first kappa shape index (κ1) is 9.32. The lowest BCUT2D eigenvalue weighted by Crippen LogP contribution is -2.48. The number of rotatable bonds is 1. The van der Waals surface area contributed by atoms with Crippen molar-refractivity contribution in [2.24, 2.45) is 0 Å². The standard InChI is InChI=1S/C10H15N3O/c11-7-9-5-2-6-13(9)10(14)12-8-3-1-4-8/h8-9H,1-6H2,(H,12,14). The van der Waals surface area contributed by atoms with E-state index in [1.54, 1.807) is 4.90 Å². The van der Waals surface area contributed by atoms with Crippen LogP contribution in [0.5, 0.6) is 0 Å². The van der Waals surface area contributed by atoms with Crippen molar-refractivity contribution in [1.29, 1.82) is 5.26 Å². The van der Waals surface area contributed by atoms with Crippen LogP contribution in [-0.4, -0.2) is 29.6 Å². The number of nitriles is 1. The lowest BCUT2D eigenvalue weighted by Gasteiger charge is -2.29. The zero-order valence-electron chi connectivity index (χ0n) is 8.20. The van der Waals surface area contributed by atoms with Crippen LogP contribution >= 0.6 is 0 Å².